The lowest BCUT2D eigenvalue weighted by molar-refractivity contribution is -0.124. The largest absolute Gasteiger partial charge is 0.387 e. The first-order chi connectivity index (χ1) is 16.6. The molecule has 4 bridgehead atoms. The van der Waals surface area contributed by atoms with Gasteiger partial charge in [-0.1, -0.05) is 36.4 Å². The molecule has 0 spiro atoms. The highest BCUT2D eigenvalue weighted by atomic mass is 16.3. The van der Waals surface area contributed by atoms with Gasteiger partial charge in [-0.3, -0.25) is 4.79 Å². The molecule has 0 saturated heterocycles. The van der Waals surface area contributed by atoms with Crippen molar-refractivity contribution < 1.29 is 9.90 Å². The van der Waals surface area contributed by atoms with Crippen molar-refractivity contribution in [1.82, 2.24) is 4.98 Å². The third kappa shape index (κ3) is 4.29. The molecular formula is C29H33N3O2. The zero-order chi connectivity index (χ0) is 23.1. The summed E-state index contributed by atoms with van der Waals surface area (Å²) in [5.74, 6) is 3.41. The normalized spacial score (nSPS) is 28.1. The number of carbonyl (C=O) groups is 1. The molecule has 1 heterocycles. The fourth-order valence-corrected chi connectivity index (χ4v) is 7.40. The van der Waals surface area contributed by atoms with Gasteiger partial charge < -0.3 is 15.7 Å². The average Bonchev–Trinajstić information content (AvgIpc) is 2.82. The second-order valence-electron chi connectivity index (χ2n) is 11.0. The maximum absolute atomic E-state index is 13.1. The molecule has 3 aromatic rings. The minimum Gasteiger partial charge on any atom is -0.387 e. The zero-order valence-electron chi connectivity index (χ0n) is 19.5. The van der Waals surface area contributed by atoms with Crippen molar-refractivity contribution in [2.24, 2.45) is 23.2 Å². The fourth-order valence-electron chi connectivity index (χ4n) is 7.40. The summed E-state index contributed by atoms with van der Waals surface area (Å²) in [6, 6.07) is 19.4. The number of aliphatic hydroxyl groups is 1. The Bertz CT molecular complexity index is 1160. The molecule has 1 unspecified atom stereocenters. The van der Waals surface area contributed by atoms with Crippen LogP contribution in [0.1, 0.15) is 56.6 Å². The summed E-state index contributed by atoms with van der Waals surface area (Å²) in [6.07, 6.45) is 7.97. The van der Waals surface area contributed by atoms with Crippen LogP contribution in [0, 0.1) is 23.2 Å². The summed E-state index contributed by atoms with van der Waals surface area (Å²) in [5.41, 5.74) is 2.76. The van der Waals surface area contributed by atoms with Crippen LogP contribution in [0.15, 0.2) is 60.7 Å². The number of hydrogen-bond acceptors (Lipinski definition) is 4. The minimum atomic E-state index is -0.603. The monoisotopic (exact) mass is 455 g/mol. The van der Waals surface area contributed by atoms with Crippen LogP contribution < -0.4 is 10.6 Å². The lowest BCUT2D eigenvalue weighted by Crippen LogP contribution is -2.47. The number of aliphatic hydroxyl groups excluding tert-OH is 1. The number of rotatable bonds is 7. The first kappa shape index (κ1) is 21.6. The van der Waals surface area contributed by atoms with Crippen molar-refractivity contribution in [3.63, 3.8) is 0 Å². The van der Waals surface area contributed by atoms with E-state index in [-0.39, 0.29) is 11.3 Å². The van der Waals surface area contributed by atoms with Gasteiger partial charge in [0.25, 0.3) is 0 Å². The Morgan fingerprint density at radius 1 is 0.941 bits per heavy atom. The predicted molar refractivity (Wildman–Crippen MR) is 135 cm³/mol. The van der Waals surface area contributed by atoms with Crippen LogP contribution in [0.25, 0.3) is 10.9 Å². The second-order valence-corrected chi connectivity index (χ2v) is 11.0. The second kappa shape index (κ2) is 8.70. The number of aromatic nitrogens is 1. The molecule has 7 rings (SSSR count). The molecule has 4 saturated carbocycles. The lowest BCUT2D eigenvalue weighted by atomic mass is 9.49. The number of nitrogens with zero attached hydrogens (tertiary/aromatic N) is 1. The Balaban J connectivity index is 1.13. The van der Waals surface area contributed by atoms with Crippen LogP contribution in [0.3, 0.4) is 0 Å². The molecule has 1 amide bonds. The molecule has 1 aromatic heterocycles. The number of anilines is 2. The average molecular weight is 456 g/mol. The van der Waals surface area contributed by atoms with Crippen molar-refractivity contribution in [3.8, 4) is 0 Å². The molecule has 4 fully saturated rings. The van der Waals surface area contributed by atoms with Gasteiger partial charge in [-0.05, 0) is 91.5 Å². The highest BCUT2D eigenvalue weighted by Gasteiger charge is 2.51. The summed E-state index contributed by atoms with van der Waals surface area (Å²) in [5, 5.41) is 17.8. The van der Waals surface area contributed by atoms with Crippen molar-refractivity contribution in [3.05, 3.63) is 66.2 Å². The smallest absolute Gasteiger partial charge is 0.224 e. The molecule has 34 heavy (non-hydrogen) atoms. The van der Waals surface area contributed by atoms with Crippen LogP contribution in [0.2, 0.25) is 0 Å². The highest BCUT2D eigenvalue weighted by molar-refractivity contribution is 6.01. The van der Waals surface area contributed by atoms with Gasteiger partial charge in [0.05, 0.1) is 17.3 Å². The number of carbonyl (C=O) groups excluding carboxylic acids is 1. The van der Waals surface area contributed by atoms with Gasteiger partial charge in [0.2, 0.25) is 5.91 Å². The van der Waals surface area contributed by atoms with Gasteiger partial charge in [0, 0.05) is 18.4 Å². The molecule has 176 valence electrons. The summed E-state index contributed by atoms with van der Waals surface area (Å²) in [4.78, 5) is 17.9. The number of hydrogen-bond donors (Lipinski definition) is 3. The van der Waals surface area contributed by atoms with Gasteiger partial charge in [0.15, 0.2) is 0 Å². The van der Waals surface area contributed by atoms with Gasteiger partial charge in [-0.15, -0.1) is 0 Å². The SMILES string of the molecule is O=C(CC12CC3CC(CC(C3)C1)C2)Nc1cccc2nc(NCC(O)c3ccccc3)ccc12. The molecule has 0 aliphatic heterocycles. The van der Waals surface area contributed by atoms with E-state index in [1.165, 1.54) is 38.5 Å². The summed E-state index contributed by atoms with van der Waals surface area (Å²) in [7, 11) is 0. The molecule has 5 heteroatoms. The molecule has 4 aliphatic carbocycles. The van der Waals surface area contributed by atoms with E-state index in [1.54, 1.807) is 0 Å². The Morgan fingerprint density at radius 3 is 2.35 bits per heavy atom. The van der Waals surface area contributed by atoms with Gasteiger partial charge >= 0.3 is 0 Å². The molecule has 2 aromatic carbocycles. The molecular weight excluding hydrogens is 422 g/mol. The topological polar surface area (TPSA) is 74.2 Å². The van der Waals surface area contributed by atoms with Gasteiger partial charge in [0.1, 0.15) is 5.82 Å². The Kier molecular flexibility index (Phi) is 5.53. The van der Waals surface area contributed by atoms with Crippen LogP contribution in [-0.2, 0) is 4.79 Å². The molecule has 5 nitrogen and oxygen atoms in total. The van der Waals surface area contributed by atoms with Gasteiger partial charge in [-0.2, -0.15) is 0 Å². The van der Waals surface area contributed by atoms with Crippen molar-refractivity contribution >= 4 is 28.3 Å². The Hall–Kier alpha value is -2.92. The lowest BCUT2D eigenvalue weighted by Gasteiger charge is -2.56. The fraction of sp³-hybridized carbons (Fsp3) is 0.448. The predicted octanol–water partition coefficient (Wildman–Crippen LogP) is 5.93. The van der Waals surface area contributed by atoms with E-state index in [1.807, 2.05) is 60.7 Å². The highest BCUT2D eigenvalue weighted by Crippen LogP contribution is 2.61. The van der Waals surface area contributed by atoms with Crippen molar-refractivity contribution in [1.29, 1.82) is 0 Å². The van der Waals surface area contributed by atoms with E-state index in [0.29, 0.717) is 18.8 Å². The van der Waals surface area contributed by atoms with Crippen LogP contribution >= 0.6 is 0 Å². The third-order valence-corrected chi connectivity index (χ3v) is 8.37. The summed E-state index contributed by atoms with van der Waals surface area (Å²) in [6.45, 7) is 0.379. The standard InChI is InChI=1S/C29H33N3O2/c33-26(22-5-2-1-3-6-22)18-30-27-10-9-23-24(31-27)7-4-8-25(23)32-28(34)17-29-14-19-11-20(15-29)13-21(12-19)16-29/h1-10,19-21,26,33H,11-18H2,(H,30,31)(H,32,34). The molecule has 0 radical (unpaired) electrons. The summed E-state index contributed by atoms with van der Waals surface area (Å²) < 4.78 is 0. The minimum absolute atomic E-state index is 0.141. The molecule has 3 N–H and O–H groups in total. The van der Waals surface area contributed by atoms with Crippen LogP contribution in [-0.4, -0.2) is 22.5 Å². The maximum atomic E-state index is 13.1. The maximum Gasteiger partial charge on any atom is 0.224 e. The van der Waals surface area contributed by atoms with E-state index < -0.39 is 6.10 Å². The third-order valence-electron chi connectivity index (χ3n) is 8.37. The Morgan fingerprint density at radius 2 is 1.65 bits per heavy atom. The molecule has 4 aliphatic rings. The van der Waals surface area contributed by atoms with Crippen LogP contribution in [0.5, 0.6) is 0 Å². The van der Waals surface area contributed by atoms with Gasteiger partial charge in [-0.25, -0.2) is 4.98 Å². The van der Waals surface area contributed by atoms with E-state index in [0.717, 1.165) is 39.9 Å². The number of fused-ring (bicyclic) bond motifs is 1. The van der Waals surface area contributed by atoms with Crippen molar-refractivity contribution in [2.75, 3.05) is 17.2 Å². The van der Waals surface area contributed by atoms with E-state index in [9.17, 15) is 9.90 Å². The summed E-state index contributed by atoms with van der Waals surface area (Å²) >= 11 is 0. The Labute approximate surface area is 201 Å². The number of nitrogens with one attached hydrogen (secondary N) is 2. The van der Waals surface area contributed by atoms with Crippen LogP contribution in [0.4, 0.5) is 11.5 Å². The first-order valence-electron chi connectivity index (χ1n) is 12.7. The number of pyridine rings is 1. The van der Waals surface area contributed by atoms with E-state index >= 15 is 0 Å². The first-order valence-corrected chi connectivity index (χ1v) is 12.7. The van der Waals surface area contributed by atoms with E-state index in [2.05, 4.69) is 10.6 Å². The van der Waals surface area contributed by atoms with Crippen molar-refractivity contribution in [2.45, 2.75) is 51.0 Å². The number of amides is 1. The molecule has 1 atom stereocenters. The zero-order valence-corrected chi connectivity index (χ0v) is 19.5. The van der Waals surface area contributed by atoms with E-state index in [4.69, 9.17) is 4.98 Å². The quantitative estimate of drug-likeness (QED) is 0.413. The number of benzene rings is 2.